The third-order valence-corrected chi connectivity index (χ3v) is 2.44. The van der Waals surface area contributed by atoms with E-state index >= 15 is 0 Å². The van der Waals surface area contributed by atoms with Gasteiger partial charge in [0, 0.05) is 11.4 Å². The normalized spacial score (nSPS) is 11.8. The van der Waals surface area contributed by atoms with Crippen molar-refractivity contribution in [2.24, 2.45) is 0 Å². The zero-order valence-corrected chi connectivity index (χ0v) is 8.49. The molecular formula is C8H10BF3NS-. The second-order valence-corrected chi connectivity index (χ2v) is 3.44. The summed E-state index contributed by atoms with van der Waals surface area (Å²) < 4.78 is 37.6. The molecule has 2 N–H and O–H groups in total. The minimum absolute atomic E-state index is 0.133. The molecule has 0 aliphatic rings. The molecule has 0 amide bonds. The molecule has 0 unspecified atom stereocenters. The maximum absolute atomic E-state index is 12.5. The Bertz CT molecular complexity index is 351. The van der Waals surface area contributed by atoms with Crippen LogP contribution in [0.5, 0.6) is 0 Å². The van der Waals surface area contributed by atoms with Gasteiger partial charge in [-0.3, -0.25) is 0 Å². The average Bonchev–Trinajstić information content (AvgIpc) is 2.06. The lowest BCUT2D eigenvalue weighted by molar-refractivity contribution is 0.500. The van der Waals surface area contributed by atoms with Gasteiger partial charge in [-0.15, -0.1) is 5.46 Å². The average molecular weight is 220 g/mol. The van der Waals surface area contributed by atoms with Gasteiger partial charge >= 0.3 is 6.98 Å². The standard InChI is InChI=1S/C8H10BF3NS/c1-5-6(4-14)2-7(13)3-8(5)9(10,11)12/h2-3,14H,4,13H2,1H3/q-1. The second-order valence-electron chi connectivity index (χ2n) is 3.13. The van der Waals surface area contributed by atoms with Crippen molar-refractivity contribution in [2.45, 2.75) is 12.7 Å². The van der Waals surface area contributed by atoms with Crippen molar-refractivity contribution in [2.75, 3.05) is 5.73 Å². The van der Waals surface area contributed by atoms with Gasteiger partial charge in [-0.1, -0.05) is 11.6 Å². The van der Waals surface area contributed by atoms with Gasteiger partial charge < -0.3 is 18.7 Å². The Hall–Kier alpha value is -0.775. The molecule has 0 radical (unpaired) electrons. The smallest absolute Gasteiger partial charge is 0.445 e. The Morgan fingerprint density at radius 1 is 1.36 bits per heavy atom. The van der Waals surface area contributed by atoms with Crippen molar-refractivity contribution in [3.05, 3.63) is 23.3 Å². The predicted octanol–water partition coefficient (Wildman–Crippen LogP) is 2.06. The summed E-state index contributed by atoms with van der Waals surface area (Å²) in [6.07, 6.45) is 0. The van der Waals surface area contributed by atoms with Crippen LogP contribution >= 0.6 is 12.6 Å². The zero-order valence-electron chi connectivity index (χ0n) is 7.60. The minimum atomic E-state index is -4.99. The first-order valence-corrected chi connectivity index (χ1v) is 4.69. The van der Waals surface area contributed by atoms with E-state index in [1.54, 1.807) is 0 Å². The molecule has 0 heterocycles. The fraction of sp³-hybridized carbons (Fsp3) is 0.250. The van der Waals surface area contributed by atoms with Crippen LogP contribution in [0.2, 0.25) is 0 Å². The lowest BCUT2D eigenvalue weighted by Gasteiger charge is -2.20. The van der Waals surface area contributed by atoms with E-state index in [9.17, 15) is 12.9 Å². The van der Waals surface area contributed by atoms with Gasteiger partial charge in [0.1, 0.15) is 0 Å². The van der Waals surface area contributed by atoms with Gasteiger partial charge in [0.25, 0.3) is 0 Å². The molecule has 1 nitrogen and oxygen atoms in total. The molecular weight excluding hydrogens is 210 g/mol. The highest BCUT2D eigenvalue weighted by molar-refractivity contribution is 7.79. The van der Waals surface area contributed by atoms with E-state index in [1.807, 2.05) is 0 Å². The Balaban J connectivity index is 3.37. The van der Waals surface area contributed by atoms with Crippen LogP contribution in [0.1, 0.15) is 11.1 Å². The van der Waals surface area contributed by atoms with Crippen molar-refractivity contribution in [1.29, 1.82) is 0 Å². The predicted molar refractivity (Wildman–Crippen MR) is 57.0 cm³/mol. The van der Waals surface area contributed by atoms with Crippen molar-refractivity contribution >= 4 is 30.8 Å². The Morgan fingerprint density at radius 3 is 2.36 bits per heavy atom. The number of anilines is 1. The number of benzene rings is 1. The fourth-order valence-electron chi connectivity index (χ4n) is 1.33. The van der Waals surface area contributed by atoms with Crippen LogP contribution in [0, 0.1) is 6.92 Å². The largest absolute Gasteiger partial charge is 0.509 e. The van der Waals surface area contributed by atoms with Crippen LogP contribution in [-0.2, 0) is 5.75 Å². The summed E-state index contributed by atoms with van der Waals surface area (Å²) in [6.45, 7) is -3.55. The van der Waals surface area contributed by atoms with Crippen LogP contribution in [0.3, 0.4) is 0 Å². The number of hydrogen-bond donors (Lipinski definition) is 2. The summed E-state index contributed by atoms with van der Waals surface area (Å²) in [7, 11) is 0. The molecule has 1 aromatic rings. The molecule has 0 aliphatic heterocycles. The first kappa shape index (κ1) is 11.3. The van der Waals surface area contributed by atoms with Crippen molar-refractivity contribution in [3.8, 4) is 0 Å². The molecule has 0 aliphatic carbocycles. The van der Waals surface area contributed by atoms with E-state index in [4.69, 9.17) is 5.73 Å². The number of rotatable bonds is 2. The summed E-state index contributed by atoms with van der Waals surface area (Å²) in [5.74, 6) is 0.260. The molecule has 6 heteroatoms. The van der Waals surface area contributed by atoms with Crippen LogP contribution < -0.4 is 11.2 Å². The summed E-state index contributed by atoms with van der Waals surface area (Å²) in [5, 5.41) is 0. The number of nitrogen functional groups attached to an aromatic ring is 1. The van der Waals surface area contributed by atoms with Gasteiger partial charge in [-0.25, -0.2) is 0 Å². The second kappa shape index (κ2) is 3.77. The van der Waals surface area contributed by atoms with Crippen molar-refractivity contribution in [3.63, 3.8) is 0 Å². The Kier molecular flexibility index (Phi) is 3.04. The third kappa shape index (κ3) is 2.18. The number of nitrogens with two attached hydrogens (primary N) is 1. The van der Waals surface area contributed by atoms with Crippen molar-refractivity contribution in [1.82, 2.24) is 0 Å². The highest BCUT2D eigenvalue weighted by Crippen LogP contribution is 2.19. The summed E-state index contributed by atoms with van der Waals surface area (Å²) in [6, 6.07) is 2.50. The Morgan fingerprint density at radius 2 is 1.93 bits per heavy atom. The van der Waals surface area contributed by atoms with E-state index < -0.39 is 12.4 Å². The maximum atomic E-state index is 12.5. The molecule has 0 aromatic heterocycles. The molecule has 0 saturated heterocycles. The van der Waals surface area contributed by atoms with E-state index in [-0.39, 0.29) is 17.0 Å². The molecule has 0 fully saturated rings. The van der Waals surface area contributed by atoms with Crippen LogP contribution in [0.25, 0.3) is 0 Å². The molecule has 0 spiro atoms. The molecule has 0 atom stereocenters. The minimum Gasteiger partial charge on any atom is -0.445 e. The molecule has 14 heavy (non-hydrogen) atoms. The quantitative estimate of drug-likeness (QED) is 0.445. The van der Waals surface area contributed by atoms with E-state index in [0.29, 0.717) is 5.56 Å². The molecule has 0 saturated carbocycles. The molecule has 1 rings (SSSR count). The lowest BCUT2D eigenvalue weighted by atomic mass is 9.76. The van der Waals surface area contributed by atoms with E-state index in [0.717, 1.165) is 6.07 Å². The summed E-state index contributed by atoms with van der Waals surface area (Å²) in [5.41, 5.74) is 5.65. The number of hydrogen-bond acceptors (Lipinski definition) is 2. The van der Waals surface area contributed by atoms with Gasteiger partial charge in [0.05, 0.1) is 0 Å². The van der Waals surface area contributed by atoms with Crippen molar-refractivity contribution < 1.29 is 12.9 Å². The monoisotopic (exact) mass is 220 g/mol. The third-order valence-electron chi connectivity index (χ3n) is 2.10. The van der Waals surface area contributed by atoms with Crippen LogP contribution in [0.15, 0.2) is 12.1 Å². The summed E-state index contributed by atoms with van der Waals surface area (Å²) >= 11 is 3.95. The van der Waals surface area contributed by atoms with Gasteiger partial charge in [0.15, 0.2) is 0 Å². The van der Waals surface area contributed by atoms with E-state index in [1.165, 1.54) is 13.0 Å². The highest BCUT2D eigenvalue weighted by atomic mass is 32.1. The molecule has 78 valence electrons. The molecule has 0 bridgehead atoms. The first-order valence-electron chi connectivity index (χ1n) is 4.06. The van der Waals surface area contributed by atoms with E-state index in [2.05, 4.69) is 12.6 Å². The topological polar surface area (TPSA) is 26.0 Å². The van der Waals surface area contributed by atoms with Crippen LogP contribution in [-0.4, -0.2) is 6.98 Å². The lowest BCUT2D eigenvalue weighted by Crippen LogP contribution is -2.37. The zero-order chi connectivity index (χ0) is 10.9. The maximum Gasteiger partial charge on any atom is 0.509 e. The van der Waals surface area contributed by atoms with Gasteiger partial charge in [0.2, 0.25) is 0 Å². The van der Waals surface area contributed by atoms with Gasteiger partial charge in [-0.05, 0) is 18.6 Å². The van der Waals surface area contributed by atoms with Crippen LogP contribution in [0.4, 0.5) is 18.6 Å². The fourth-order valence-corrected chi connectivity index (χ4v) is 1.66. The molecule has 1 aromatic carbocycles. The SMILES string of the molecule is Cc1c(CS)cc(N)cc1[B-](F)(F)F. The highest BCUT2D eigenvalue weighted by Gasteiger charge is 2.28. The Labute approximate surface area is 86.0 Å². The van der Waals surface area contributed by atoms with Gasteiger partial charge in [-0.2, -0.15) is 12.6 Å². The first-order chi connectivity index (χ1) is 6.36. The number of halogens is 3. The number of thiol groups is 1. The summed E-state index contributed by atoms with van der Waals surface area (Å²) in [4.78, 5) is 0.